The lowest BCUT2D eigenvalue weighted by Crippen LogP contribution is -1.88. The van der Waals surface area contributed by atoms with E-state index >= 15 is 0 Å². The Morgan fingerprint density at radius 1 is 0.125 bits per heavy atom. The van der Waals surface area contributed by atoms with Gasteiger partial charge in [0.1, 0.15) is 0 Å². The van der Waals surface area contributed by atoms with Crippen molar-refractivity contribution in [3.8, 4) is 0 Å². The van der Waals surface area contributed by atoms with Gasteiger partial charge in [-0.2, -0.15) is 0 Å². The summed E-state index contributed by atoms with van der Waals surface area (Å²) in [7, 11) is 0. The largest absolute Gasteiger partial charge is 0.0531 e. The SMILES string of the molecule is c1cc2c3ccc4c5ccc6c7ccc8c1c1ccc6c7ccc4c5ccc2c3ccc81. The number of rotatable bonds is 0. The van der Waals surface area contributed by atoms with Crippen LogP contribution in [-0.2, 0) is 0 Å². The first-order valence-electron chi connectivity index (χ1n) is 11.3. The van der Waals surface area contributed by atoms with Crippen LogP contribution in [0.2, 0.25) is 0 Å². The fourth-order valence-corrected chi connectivity index (χ4v) is 6.28. The maximum absolute atomic E-state index is 2.33. The first-order valence-corrected chi connectivity index (χ1v) is 11.3. The highest BCUT2D eigenvalue weighted by Crippen LogP contribution is 2.42. The van der Waals surface area contributed by atoms with E-state index in [9.17, 15) is 0 Å². The zero-order chi connectivity index (χ0) is 20.6. The third-order valence-electron chi connectivity index (χ3n) is 7.98. The summed E-state index contributed by atoms with van der Waals surface area (Å²) < 4.78 is 0. The molecule has 0 radical (unpaired) electrons. The van der Waals surface area contributed by atoms with Gasteiger partial charge < -0.3 is 0 Å². The fourth-order valence-electron chi connectivity index (χ4n) is 6.28. The van der Waals surface area contributed by atoms with Crippen molar-refractivity contribution in [2.75, 3.05) is 0 Å². The lowest BCUT2D eigenvalue weighted by Gasteiger charge is -2.16. The van der Waals surface area contributed by atoms with Gasteiger partial charge in [-0.05, 0) is 86.2 Å². The molecule has 12 aromatic carbocycles. The second-order valence-corrected chi connectivity index (χ2v) is 9.29. The minimum Gasteiger partial charge on any atom is -0.0531 e. The van der Waals surface area contributed by atoms with Crippen molar-refractivity contribution >= 4 is 86.2 Å². The van der Waals surface area contributed by atoms with Gasteiger partial charge in [-0.3, -0.25) is 0 Å². The molecular weight excluding hydrogens is 384 g/mol. The van der Waals surface area contributed by atoms with Gasteiger partial charge in [0.2, 0.25) is 0 Å². The molecule has 0 spiro atoms. The van der Waals surface area contributed by atoms with Crippen molar-refractivity contribution in [2.24, 2.45) is 0 Å². The second-order valence-electron chi connectivity index (χ2n) is 9.29. The first-order chi connectivity index (χ1) is 15.9. The Balaban J connectivity index is 1.74. The van der Waals surface area contributed by atoms with E-state index in [1.807, 2.05) is 0 Å². The Morgan fingerprint density at radius 3 is 0.250 bits per heavy atom. The minimum atomic E-state index is 1.34. The van der Waals surface area contributed by atoms with Gasteiger partial charge in [-0.25, -0.2) is 0 Å². The summed E-state index contributed by atoms with van der Waals surface area (Å²) in [5.74, 6) is 0. The number of hydrogen-bond donors (Lipinski definition) is 0. The smallest absolute Gasteiger partial charge is 0.00987 e. The molecule has 0 aliphatic heterocycles. The lowest BCUT2D eigenvalue weighted by molar-refractivity contribution is 1.80. The molecule has 0 heterocycles. The van der Waals surface area contributed by atoms with Crippen LogP contribution in [0.1, 0.15) is 0 Å². The Bertz CT molecular complexity index is 1470. The maximum atomic E-state index is 2.33. The van der Waals surface area contributed by atoms with Crippen LogP contribution in [0.5, 0.6) is 0 Å². The summed E-state index contributed by atoms with van der Waals surface area (Å²) >= 11 is 0. The molecular formula is C32H16. The molecule has 0 N–H and O–H groups in total. The molecule has 16 bridgehead atoms. The highest BCUT2D eigenvalue weighted by molar-refractivity contribution is 6.32. The van der Waals surface area contributed by atoms with Gasteiger partial charge in [-0.1, -0.05) is 97.1 Å². The molecule has 144 valence electrons. The van der Waals surface area contributed by atoms with Crippen molar-refractivity contribution in [1.82, 2.24) is 0 Å². The summed E-state index contributed by atoms with van der Waals surface area (Å²) in [6.07, 6.45) is 0. The molecule has 0 aliphatic rings. The zero-order valence-electron chi connectivity index (χ0n) is 17.2. The van der Waals surface area contributed by atoms with Crippen LogP contribution in [0.25, 0.3) is 86.2 Å². The lowest BCUT2D eigenvalue weighted by atomic mass is 9.88. The molecule has 0 unspecified atom stereocenters. The van der Waals surface area contributed by atoms with Crippen LogP contribution >= 0.6 is 0 Å². The molecule has 0 aliphatic carbocycles. The van der Waals surface area contributed by atoms with Crippen molar-refractivity contribution in [3.63, 3.8) is 0 Å². The van der Waals surface area contributed by atoms with Crippen LogP contribution in [-0.4, -0.2) is 0 Å². The van der Waals surface area contributed by atoms with Gasteiger partial charge in [-0.15, -0.1) is 0 Å². The summed E-state index contributed by atoms with van der Waals surface area (Å²) in [5, 5.41) is 21.4. The normalized spacial score (nSPS) is 13.0. The van der Waals surface area contributed by atoms with Crippen molar-refractivity contribution in [2.45, 2.75) is 0 Å². The van der Waals surface area contributed by atoms with Gasteiger partial charge >= 0.3 is 0 Å². The van der Waals surface area contributed by atoms with Crippen LogP contribution in [0.15, 0.2) is 97.1 Å². The van der Waals surface area contributed by atoms with Gasteiger partial charge in [0.05, 0.1) is 0 Å². The summed E-state index contributed by atoms with van der Waals surface area (Å²) in [4.78, 5) is 0. The van der Waals surface area contributed by atoms with E-state index in [4.69, 9.17) is 0 Å². The highest BCUT2D eigenvalue weighted by Gasteiger charge is 2.14. The molecule has 0 nitrogen and oxygen atoms in total. The standard InChI is InChI=1S/C32H16/c1-2-18-21-7-10-27-31-15-13-29-25-5-3-19-17(1)20-4-6-26(29)30(25)14-16-32(27)28(31)11-8-22(18)24(21)12-9-23(19)20/h1-16H. The zero-order valence-corrected chi connectivity index (χ0v) is 17.2. The predicted molar refractivity (Wildman–Crippen MR) is 140 cm³/mol. The molecule has 12 aromatic rings. The Labute approximate surface area is 183 Å². The minimum absolute atomic E-state index is 1.34. The quantitative estimate of drug-likeness (QED) is 0.238. The topological polar surface area (TPSA) is 0 Å². The fraction of sp³-hybridized carbons (Fsp3) is 0. The average molecular weight is 400 g/mol. The van der Waals surface area contributed by atoms with Crippen molar-refractivity contribution in [1.29, 1.82) is 0 Å². The summed E-state index contributed by atoms with van der Waals surface area (Å²) in [6.45, 7) is 0. The average Bonchev–Trinajstić information content (AvgIpc) is 2.82. The second kappa shape index (κ2) is 5.00. The third kappa shape index (κ3) is 1.60. The molecule has 0 amide bonds. The molecule has 0 saturated carbocycles. The van der Waals surface area contributed by atoms with E-state index < -0.39 is 0 Å². The van der Waals surface area contributed by atoms with Crippen molar-refractivity contribution < 1.29 is 0 Å². The van der Waals surface area contributed by atoms with Crippen molar-refractivity contribution in [3.05, 3.63) is 97.1 Å². The molecule has 0 aromatic heterocycles. The summed E-state index contributed by atoms with van der Waals surface area (Å²) in [6, 6.07) is 37.2. The van der Waals surface area contributed by atoms with E-state index in [1.54, 1.807) is 0 Å². The number of fused-ring (bicyclic) bond motifs is 8. The van der Waals surface area contributed by atoms with Gasteiger partial charge in [0.25, 0.3) is 0 Å². The molecule has 0 heteroatoms. The Morgan fingerprint density at radius 2 is 0.188 bits per heavy atom. The van der Waals surface area contributed by atoms with Gasteiger partial charge in [0, 0.05) is 0 Å². The van der Waals surface area contributed by atoms with E-state index in [-0.39, 0.29) is 0 Å². The maximum Gasteiger partial charge on any atom is -0.00987 e. The first kappa shape index (κ1) is 15.6. The van der Waals surface area contributed by atoms with Crippen LogP contribution in [0.3, 0.4) is 0 Å². The van der Waals surface area contributed by atoms with E-state index in [1.165, 1.54) is 86.2 Å². The number of hydrogen-bond acceptors (Lipinski definition) is 0. The highest BCUT2D eigenvalue weighted by atomic mass is 14.2. The van der Waals surface area contributed by atoms with E-state index in [0.29, 0.717) is 0 Å². The monoisotopic (exact) mass is 400 g/mol. The third-order valence-corrected chi connectivity index (χ3v) is 7.98. The van der Waals surface area contributed by atoms with E-state index in [2.05, 4.69) is 97.1 Å². The molecule has 0 saturated heterocycles. The molecule has 32 heavy (non-hydrogen) atoms. The summed E-state index contributed by atoms with van der Waals surface area (Å²) in [5.41, 5.74) is 0. The Hall–Kier alpha value is -4.16. The van der Waals surface area contributed by atoms with Crippen LogP contribution in [0.4, 0.5) is 0 Å². The molecule has 0 fully saturated rings. The predicted octanol–water partition coefficient (Wildman–Crippen LogP) is 9.23. The van der Waals surface area contributed by atoms with Gasteiger partial charge in [0.15, 0.2) is 0 Å². The van der Waals surface area contributed by atoms with E-state index in [0.717, 1.165) is 0 Å². The van der Waals surface area contributed by atoms with Crippen LogP contribution in [0, 0.1) is 0 Å². The molecule has 0 atom stereocenters. The molecule has 12 rings (SSSR count). The van der Waals surface area contributed by atoms with Crippen LogP contribution < -0.4 is 0 Å². The Kier molecular flexibility index (Phi) is 2.44.